The zero-order valence-electron chi connectivity index (χ0n) is 61.1. The van der Waals surface area contributed by atoms with Crippen LogP contribution in [0.5, 0.6) is 0 Å². The lowest BCUT2D eigenvalue weighted by Gasteiger charge is -2.27. The molecule has 7 nitrogen and oxygen atoms in total. The minimum Gasteiger partial charge on any atom is -0.311 e. The van der Waals surface area contributed by atoms with Gasteiger partial charge in [-0.25, -0.2) is 4.98 Å². The van der Waals surface area contributed by atoms with Crippen molar-refractivity contribution < 1.29 is 0 Å². The summed E-state index contributed by atoms with van der Waals surface area (Å²) >= 11 is 0. The van der Waals surface area contributed by atoms with Crippen molar-refractivity contribution in [3.05, 3.63) is 431 Å². The lowest BCUT2D eigenvalue weighted by atomic mass is 9.93. The van der Waals surface area contributed by atoms with Gasteiger partial charge in [-0.2, -0.15) is 0 Å². The average molecular weight is 1430 g/mol. The van der Waals surface area contributed by atoms with Crippen molar-refractivity contribution in [2.24, 2.45) is 0 Å². The van der Waals surface area contributed by atoms with Gasteiger partial charge in [0.1, 0.15) is 5.82 Å². The summed E-state index contributed by atoms with van der Waals surface area (Å²) < 4.78 is 7.31. The van der Waals surface area contributed by atoms with E-state index in [4.69, 9.17) is 0 Å². The normalized spacial score (nSPS) is 11.6. The number of nitrogens with zero attached hydrogens (tertiary/aromatic N) is 7. The van der Waals surface area contributed by atoms with E-state index < -0.39 is 0 Å². The van der Waals surface area contributed by atoms with Gasteiger partial charge >= 0.3 is 0 Å². The van der Waals surface area contributed by atoms with Gasteiger partial charge in [-0.15, -0.1) is 0 Å². The van der Waals surface area contributed by atoms with Crippen LogP contribution >= 0.6 is 0 Å². The Hall–Kier alpha value is -15.1. The van der Waals surface area contributed by atoms with Gasteiger partial charge in [0.2, 0.25) is 0 Å². The van der Waals surface area contributed by atoms with Gasteiger partial charge in [-0.3, -0.25) is 4.90 Å². The summed E-state index contributed by atoms with van der Waals surface area (Å²) in [6.45, 7) is 0. The highest BCUT2D eigenvalue weighted by Crippen LogP contribution is 2.50. The topological polar surface area (TPSA) is 37.4 Å². The van der Waals surface area contributed by atoms with Gasteiger partial charge in [0, 0.05) is 100 Å². The third kappa shape index (κ3) is 11.1. The standard InChI is InChI=1S/C55H38N4.C50H33N3/c1-5-15-42(16-6-1)57(43-17-7-2-8-18-43)50-36-37-52-55-49(50)33-32-48-47(34-35-51(54(48)55)59(52)45-21-11-4-12-22-45)41-26-24-39(25-27-41)40-28-30-46(31-29-40)58(44-19-9-3-10-20-44)53-23-13-14-38-56-53;1-4-14-35(15-5-1)51(36-16-6-2-7-17-36)38-26-24-34(25-27-38)39-30-31-47-49-42(39)28-29-43-46(32-33-48(50(43)49)52(47)37-18-8-3-9-19-37)53-44-22-12-10-20-40(44)41-21-11-13-23-45(41)53/h1-38H;1-33H. The van der Waals surface area contributed by atoms with Crippen LogP contribution in [0.4, 0.5) is 51.3 Å². The Morgan fingerprint density at radius 3 is 0.982 bits per heavy atom. The predicted molar refractivity (Wildman–Crippen MR) is 471 cm³/mol. The highest BCUT2D eigenvalue weighted by molar-refractivity contribution is 6.30. The van der Waals surface area contributed by atoms with Crippen LogP contribution in [0, 0.1) is 0 Å². The van der Waals surface area contributed by atoms with E-state index in [9.17, 15) is 0 Å². The Balaban J connectivity index is 0.000000142. The number of rotatable bonds is 15. The second kappa shape index (κ2) is 27.6. The van der Waals surface area contributed by atoms with E-state index in [-0.39, 0.29) is 0 Å². The Kier molecular flexibility index (Phi) is 16.1. The molecule has 112 heavy (non-hydrogen) atoms. The molecule has 22 rings (SSSR count). The highest BCUT2D eigenvalue weighted by atomic mass is 15.2. The van der Waals surface area contributed by atoms with E-state index in [1.807, 2.05) is 30.5 Å². The fraction of sp³-hybridized carbons (Fsp3) is 0. The van der Waals surface area contributed by atoms with Crippen LogP contribution in [0.15, 0.2) is 431 Å². The summed E-state index contributed by atoms with van der Waals surface area (Å²) in [4.78, 5) is 11.6. The van der Waals surface area contributed by atoms with Crippen LogP contribution in [0.3, 0.4) is 0 Å². The number of pyridine rings is 1. The Morgan fingerprint density at radius 2 is 0.518 bits per heavy atom. The maximum atomic E-state index is 4.68. The molecule has 0 aliphatic heterocycles. The number of benzene rings is 18. The third-order valence-corrected chi connectivity index (χ3v) is 22.3. The fourth-order valence-electron chi connectivity index (χ4n) is 17.4. The monoisotopic (exact) mass is 1430 g/mol. The molecule has 18 aromatic carbocycles. The summed E-state index contributed by atoms with van der Waals surface area (Å²) in [5.74, 6) is 0.880. The van der Waals surface area contributed by atoms with Crippen molar-refractivity contribution in [2.45, 2.75) is 0 Å². The molecular weight excluding hydrogens is 1360 g/mol. The predicted octanol–water partition coefficient (Wildman–Crippen LogP) is 28.7. The molecule has 526 valence electrons. The zero-order chi connectivity index (χ0) is 74.0. The summed E-state index contributed by atoms with van der Waals surface area (Å²) in [7, 11) is 0. The quantitative estimate of drug-likeness (QED) is 0.0959. The van der Waals surface area contributed by atoms with Crippen molar-refractivity contribution in [2.75, 3.05) is 14.7 Å². The maximum Gasteiger partial charge on any atom is 0.137 e. The van der Waals surface area contributed by atoms with Crippen molar-refractivity contribution in [3.63, 3.8) is 0 Å². The molecule has 7 heteroatoms. The molecule has 0 spiro atoms. The SMILES string of the molecule is c1ccc(N(c2ccc(-c3ccc(-c4ccc5c6c4ccc4c(N(c7ccccc7)c7ccccc7)ccc(c46)n5-c4ccccc4)cc3)cc2)c2ccccn2)cc1.c1ccc(N(c2ccccc2)c2ccc(-c3ccc4c5c3ccc3c(-n6c7ccccc7c7ccccc76)ccc(c35)n4-c3ccccc3)cc2)cc1. The summed E-state index contributed by atoms with van der Waals surface area (Å²) in [5.41, 5.74) is 26.8. The van der Waals surface area contributed by atoms with E-state index in [2.05, 4.69) is 434 Å². The number of hydrogen-bond acceptors (Lipinski definition) is 4. The van der Waals surface area contributed by atoms with Crippen LogP contribution in [0.1, 0.15) is 0 Å². The fourth-order valence-corrected chi connectivity index (χ4v) is 17.4. The average Bonchev–Trinajstić information content (AvgIpc) is 1.54. The van der Waals surface area contributed by atoms with E-state index in [0.717, 1.165) is 68.3 Å². The van der Waals surface area contributed by atoms with Gasteiger partial charge < -0.3 is 23.5 Å². The van der Waals surface area contributed by atoms with Crippen LogP contribution in [-0.4, -0.2) is 18.7 Å². The molecule has 0 unspecified atom stereocenters. The van der Waals surface area contributed by atoms with Gasteiger partial charge in [0.15, 0.2) is 0 Å². The molecule has 0 radical (unpaired) electrons. The minimum absolute atomic E-state index is 0.880. The van der Waals surface area contributed by atoms with Crippen LogP contribution in [0.2, 0.25) is 0 Å². The molecule has 0 aliphatic rings. The van der Waals surface area contributed by atoms with Gasteiger partial charge in [0.05, 0.1) is 44.5 Å². The molecule has 4 aromatic heterocycles. The van der Waals surface area contributed by atoms with Gasteiger partial charge in [-0.05, 0) is 214 Å². The van der Waals surface area contributed by atoms with E-state index in [1.165, 1.54) is 120 Å². The Morgan fingerprint density at radius 1 is 0.188 bits per heavy atom. The van der Waals surface area contributed by atoms with Crippen molar-refractivity contribution in [1.82, 2.24) is 18.7 Å². The summed E-state index contributed by atoms with van der Waals surface area (Å²) in [6.07, 6.45) is 1.84. The van der Waals surface area contributed by atoms with Gasteiger partial charge in [0.25, 0.3) is 0 Å². The molecule has 22 aromatic rings. The second-order valence-corrected chi connectivity index (χ2v) is 28.5. The van der Waals surface area contributed by atoms with E-state index in [1.54, 1.807) is 0 Å². The molecule has 0 aliphatic carbocycles. The number of para-hydroxylation sites is 9. The Bertz CT molecular complexity index is 6940. The third-order valence-electron chi connectivity index (χ3n) is 22.3. The number of hydrogen-bond donors (Lipinski definition) is 0. The first-order valence-electron chi connectivity index (χ1n) is 38.3. The van der Waals surface area contributed by atoms with Crippen molar-refractivity contribution >= 4 is 138 Å². The first kappa shape index (κ1) is 65.3. The molecule has 0 N–H and O–H groups in total. The molecule has 0 atom stereocenters. The van der Waals surface area contributed by atoms with Crippen LogP contribution in [-0.2, 0) is 0 Å². The van der Waals surface area contributed by atoms with Crippen LogP contribution < -0.4 is 14.7 Å². The van der Waals surface area contributed by atoms with E-state index >= 15 is 0 Å². The van der Waals surface area contributed by atoms with Crippen LogP contribution in [0.25, 0.3) is 137 Å². The summed E-state index contributed by atoms with van der Waals surface area (Å²) in [5, 5.41) is 12.6. The largest absolute Gasteiger partial charge is 0.311 e. The highest BCUT2D eigenvalue weighted by Gasteiger charge is 2.27. The second-order valence-electron chi connectivity index (χ2n) is 28.5. The van der Waals surface area contributed by atoms with Crippen molar-refractivity contribution in [3.8, 4) is 50.4 Å². The molecular formula is C105H71N7. The Labute approximate surface area is 648 Å². The van der Waals surface area contributed by atoms with Crippen molar-refractivity contribution in [1.29, 1.82) is 0 Å². The molecule has 0 fully saturated rings. The lowest BCUT2D eigenvalue weighted by molar-refractivity contribution is 1.17. The first-order valence-corrected chi connectivity index (χ1v) is 38.3. The minimum atomic E-state index is 0.880. The number of fused-ring (bicyclic) bond motifs is 3. The zero-order valence-corrected chi connectivity index (χ0v) is 61.1. The van der Waals surface area contributed by atoms with E-state index in [0.29, 0.717) is 0 Å². The molecule has 0 saturated heterocycles. The number of aromatic nitrogens is 4. The molecule has 0 amide bonds. The molecule has 0 bridgehead atoms. The lowest BCUT2D eigenvalue weighted by Crippen LogP contribution is -2.11. The first-order chi connectivity index (χ1) is 55.6. The smallest absolute Gasteiger partial charge is 0.137 e. The van der Waals surface area contributed by atoms with Gasteiger partial charge in [-0.1, -0.05) is 255 Å². The maximum absolute atomic E-state index is 4.68. The molecule has 4 heterocycles. The summed E-state index contributed by atoms with van der Waals surface area (Å²) in [6, 6.07) is 153. The number of anilines is 9. The molecule has 0 saturated carbocycles.